The van der Waals surface area contributed by atoms with Crippen molar-refractivity contribution in [2.45, 2.75) is 24.7 Å². The minimum Gasteiger partial charge on any atom is -0.0915 e. The van der Waals surface area contributed by atoms with Crippen molar-refractivity contribution in [3.8, 4) is 0 Å². The van der Waals surface area contributed by atoms with E-state index in [1.54, 1.807) is 0 Å². The Morgan fingerprint density at radius 3 is 2.60 bits per heavy atom. The van der Waals surface area contributed by atoms with Crippen molar-refractivity contribution in [2.24, 2.45) is 0 Å². The predicted molar refractivity (Wildman–Crippen MR) is 90.4 cm³/mol. The zero-order valence-corrected chi connectivity index (χ0v) is 14.1. The molecule has 0 amide bonds. The molecule has 104 valence electrons. The second-order valence-electron chi connectivity index (χ2n) is 5.36. The van der Waals surface area contributed by atoms with Gasteiger partial charge in [0.05, 0.1) is 10.0 Å². The third-order valence-corrected chi connectivity index (χ3v) is 5.98. The number of halogens is 3. The molecule has 0 saturated carbocycles. The first-order valence-electron chi connectivity index (χ1n) is 6.77. The Bertz CT molecular complexity index is 639. The number of alkyl halides is 1. The Morgan fingerprint density at radius 1 is 1.05 bits per heavy atom. The van der Waals surface area contributed by atoms with Crippen LogP contribution in [0.25, 0.3) is 0 Å². The van der Waals surface area contributed by atoms with Crippen LogP contribution in [-0.2, 0) is 11.8 Å². The van der Waals surface area contributed by atoms with Crippen molar-refractivity contribution in [2.75, 3.05) is 5.33 Å². The molecule has 0 aromatic heterocycles. The topological polar surface area (TPSA) is 0 Å². The average molecular weight is 370 g/mol. The summed E-state index contributed by atoms with van der Waals surface area (Å²) in [4.78, 5) is 0. The lowest BCUT2D eigenvalue weighted by Gasteiger charge is -2.38. The van der Waals surface area contributed by atoms with Crippen LogP contribution < -0.4 is 0 Å². The van der Waals surface area contributed by atoms with Crippen LogP contribution in [0, 0.1) is 0 Å². The van der Waals surface area contributed by atoms with Gasteiger partial charge in [-0.1, -0.05) is 69.5 Å². The van der Waals surface area contributed by atoms with Crippen LogP contribution in [0.1, 0.15) is 29.5 Å². The molecule has 0 N–H and O–H groups in total. The van der Waals surface area contributed by atoms with Crippen LogP contribution in [0.4, 0.5) is 0 Å². The molecule has 1 unspecified atom stereocenters. The van der Waals surface area contributed by atoms with Gasteiger partial charge >= 0.3 is 0 Å². The Labute approximate surface area is 138 Å². The lowest BCUT2D eigenvalue weighted by atomic mass is 9.67. The number of rotatable bonds is 2. The fourth-order valence-corrected chi connectivity index (χ4v) is 4.43. The van der Waals surface area contributed by atoms with Gasteiger partial charge in [0.1, 0.15) is 0 Å². The summed E-state index contributed by atoms with van der Waals surface area (Å²) in [5.74, 6) is 0. The molecule has 20 heavy (non-hydrogen) atoms. The van der Waals surface area contributed by atoms with E-state index in [9.17, 15) is 0 Å². The van der Waals surface area contributed by atoms with Gasteiger partial charge in [0.2, 0.25) is 0 Å². The smallest absolute Gasteiger partial charge is 0.0595 e. The van der Waals surface area contributed by atoms with E-state index < -0.39 is 0 Å². The van der Waals surface area contributed by atoms with Crippen LogP contribution in [0.5, 0.6) is 0 Å². The molecule has 0 saturated heterocycles. The highest BCUT2D eigenvalue weighted by molar-refractivity contribution is 9.09. The molecule has 0 nitrogen and oxygen atoms in total. The van der Waals surface area contributed by atoms with E-state index in [2.05, 4.69) is 46.3 Å². The Kier molecular flexibility index (Phi) is 4.12. The molecule has 1 atom stereocenters. The van der Waals surface area contributed by atoms with Crippen LogP contribution in [-0.4, -0.2) is 5.33 Å². The van der Waals surface area contributed by atoms with Gasteiger partial charge in [0.25, 0.3) is 0 Å². The Hall–Kier alpha value is -0.500. The molecule has 0 aliphatic heterocycles. The first-order valence-corrected chi connectivity index (χ1v) is 8.65. The van der Waals surface area contributed by atoms with Gasteiger partial charge in [-0.25, -0.2) is 0 Å². The molecule has 1 aliphatic carbocycles. The average Bonchev–Trinajstić information content (AvgIpc) is 2.49. The SMILES string of the molecule is Clc1ccc(C2(CBr)CCCc3ccccc32)cc1Cl. The molecule has 0 radical (unpaired) electrons. The highest BCUT2D eigenvalue weighted by atomic mass is 79.9. The van der Waals surface area contributed by atoms with Crippen LogP contribution in [0.15, 0.2) is 42.5 Å². The highest BCUT2D eigenvalue weighted by Crippen LogP contribution is 2.45. The molecule has 3 rings (SSSR count). The predicted octanol–water partition coefficient (Wildman–Crippen LogP) is 6.01. The summed E-state index contributed by atoms with van der Waals surface area (Å²) in [5, 5.41) is 2.14. The second-order valence-corrected chi connectivity index (χ2v) is 6.73. The third-order valence-electron chi connectivity index (χ3n) is 4.28. The molecular weight excluding hydrogens is 355 g/mol. The maximum Gasteiger partial charge on any atom is 0.0595 e. The molecule has 0 heterocycles. The van der Waals surface area contributed by atoms with Crippen molar-refractivity contribution in [3.05, 3.63) is 69.2 Å². The van der Waals surface area contributed by atoms with Gasteiger partial charge in [-0.15, -0.1) is 0 Å². The fourth-order valence-electron chi connectivity index (χ4n) is 3.23. The van der Waals surface area contributed by atoms with Gasteiger partial charge in [-0.05, 0) is 48.1 Å². The zero-order valence-electron chi connectivity index (χ0n) is 11.0. The quantitative estimate of drug-likeness (QED) is 0.568. The van der Waals surface area contributed by atoms with Gasteiger partial charge in [0.15, 0.2) is 0 Å². The van der Waals surface area contributed by atoms with Crippen molar-refractivity contribution in [1.29, 1.82) is 0 Å². The first-order chi connectivity index (χ1) is 9.67. The zero-order chi connectivity index (χ0) is 14.2. The summed E-state index contributed by atoms with van der Waals surface area (Å²) in [6.07, 6.45) is 3.49. The summed E-state index contributed by atoms with van der Waals surface area (Å²) in [5.41, 5.74) is 4.12. The van der Waals surface area contributed by atoms with Crippen molar-refractivity contribution >= 4 is 39.1 Å². The standard InChI is InChI=1S/C17H15BrCl2/c18-11-17(13-7-8-15(19)16(20)10-13)9-3-5-12-4-1-2-6-14(12)17/h1-2,4,6-8,10H,3,5,9,11H2. The number of hydrogen-bond acceptors (Lipinski definition) is 0. The van der Waals surface area contributed by atoms with Crippen LogP contribution >= 0.6 is 39.1 Å². The largest absolute Gasteiger partial charge is 0.0915 e. The Balaban J connectivity index is 2.20. The maximum absolute atomic E-state index is 6.23. The molecule has 2 aromatic carbocycles. The summed E-state index contributed by atoms with van der Waals surface area (Å²) >= 11 is 16.0. The number of benzene rings is 2. The highest BCUT2D eigenvalue weighted by Gasteiger charge is 2.37. The molecule has 0 fully saturated rings. The fraction of sp³-hybridized carbons (Fsp3) is 0.294. The molecule has 0 bridgehead atoms. The normalized spacial score (nSPS) is 21.6. The van der Waals surface area contributed by atoms with Crippen molar-refractivity contribution in [1.82, 2.24) is 0 Å². The summed E-state index contributed by atoms with van der Waals surface area (Å²) in [6, 6.07) is 14.8. The van der Waals surface area contributed by atoms with E-state index in [0.717, 1.165) is 18.2 Å². The van der Waals surface area contributed by atoms with E-state index in [1.165, 1.54) is 23.1 Å². The van der Waals surface area contributed by atoms with Gasteiger partial charge < -0.3 is 0 Å². The lowest BCUT2D eigenvalue weighted by Crippen LogP contribution is -2.34. The summed E-state index contributed by atoms with van der Waals surface area (Å²) < 4.78 is 0. The number of fused-ring (bicyclic) bond motifs is 1. The maximum atomic E-state index is 6.23. The van der Waals surface area contributed by atoms with Crippen molar-refractivity contribution in [3.63, 3.8) is 0 Å². The molecule has 3 heteroatoms. The molecule has 1 aliphatic rings. The van der Waals surface area contributed by atoms with E-state index in [4.69, 9.17) is 23.2 Å². The van der Waals surface area contributed by atoms with Gasteiger partial charge in [-0.2, -0.15) is 0 Å². The molecular formula is C17H15BrCl2. The lowest BCUT2D eigenvalue weighted by molar-refractivity contribution is 0.475. The van der Waals surface area contributed by atoms with E-state index >= 15 is 0 Å². The van der Waals surface area contributed by atoms with Crippen LogP contribution in [0.2, 0.25) is 10.0 Å². The van der Waals surface area contributed by atoms with E-state index in [1.807, 2.05) is 12.1 Å². The minimum absolute atomic E-state index is 0.00305. The van der Waals surface area contributed by atoms with E-state index in [-0.39, 0.29) is 5.41 Å². The van der Waals surface area contributed by atoms with Crippen molar-refractivity contribution < 1.29 is 0 Å². The first kappa shape index (κ1) is 14.4. The third kappa shape index (κ3) is 2.30. The Morgan fingerprint density at radius 2 is 1.85 bits per heavy atom. The number of hydrogen-bond donors (Lipinski definition) is 0. The monoisotopic (exact) mass is 368 g/mol. The molecule has 2 aromatic rings. The second kappa shape index (κ2) is 5.71. The minimum atomic E-state index is 0.00305. The summed E-state index contributed by atoms with van der Waals surface area (Å²) in [6.45, 7) is 0. The number of aryl methyl sites for hydroxylation is 1. The summed E-state index contributed by atoms with van der Waals surface area (Å²) in [7, 11) is 0. The molecule has 0 spiro atoms. The van der Waals surface area contributed by atoms with E-state index in [0.29, 0.717) is 10.0 Å². The van der Waals surface area contributed by atoms with Crippen LogP contribution in [0.3, 0.4) is 0 Å². The van der Waals surface area contributed by atoms with Gasteiger partial charge in [0, 0.05) is 10.7 Å². The van der Waals surface area contributed by atoms with Gasteiger partial charge in [-0.3, -0.25) is 0 Å².